The van der Waals surface area contributed by atoms with Gasteiger partial charge in [-0.3, -0.25) is 13.9 Å². The minimum Gasteiger partial charge on any atom is -0.494 e. The van der Waals surface area contributed by atoms with E-state index in [2.05, 4.69) is 21.2 Å². The maximum Gasteiger partial charge on any atom is 0.264 e. The first-order chi connectivity index (χ1) is 22.0. The summed E-state index contributed by atoms with van der Waals surface area (Å²) < 4.78 is 50.5. The van der Waals surface area contributed by atoms with Crippen LogP contribution in [0.15, 0.2) is 112 Å². The van der Waals surface area contributed by atoms with Gasteiger partial charge in [-0.1, -0.05) is 64.5 Å². The van der Waals surface area contributed by atoms with Crippen LogP contribution in [0.5, 0.6) is 5.75 Å². The van der Waals surface area contributed by atoms with Crippen LogP contribution in [0, 0.1) is 5.82 Å². The molecule has 0 fully saturated rings. The summed E-state index contributed by atoms with van der Waals surface area (Å²) in [6.07, 6.45) is 0.127. The molecule has 0 saturated carbocycles. The first kappa shape index (κ1) is 34.6. The van der Waals surface area contributed by atoms with Crippen molar-refractivity contribution in [3.8, 4) is 5.75 Å². The highest BCUT2D eigenvalue weighted by atomic mass is 79.9. The Balaban J connectivity index is 1.81. The van der Waals surface area contributed by atoms with Crippen molar-refractivity contribution in [3.63, 3.8) is 0 Å². The van der Waals surface area contributed by atoms with Gasteiger partial charge < -0.3 is 15.0 Å². The largest absolute Gasteiger partial charge is 0.494 e. The van der Waals surface area contributed by atoms with E-state index in [9.17, 15) is 18.0 Å². The van der Waals surface area contributed by atoms with Crippen LogP contribution in [0.2, 0.25) is 0 Å². The Labute approximate surface area is 278 Å². The van der Waals surface area contributed by atoms with E-state index in [-0.39, 0.29) is 35.2 Å². The van der Waals surface area contributed by atoms with Crippen LogP contribution in [0.3, 0.4) is 0 Å². The van der Waals surface area contributed by atoms with E-state index in [1.807, 2.05) is 37.3 Å². The first-order valence-corrected chi connectivity index (χ1v) is 17.1. The number of carbonyl (C=O) groups excluding carboxylic acids is 2. The van der Waals surface area contributed by atoms with E-state index in [1.165, 1.54) is 29.2 Å². The lowest BCUT2D eigenvalue weighted by atomic mass is 10.0. The van der Waals surface area contributed by atoms with Gasteiger partial charge in [0.1, 0.15) is 24.2 Å². The van der Waals surface area contributed by atoms with Crippen molar-refractivity contribution in [1.29, 1.82) is 0 Å². The summed E-state index contributed by atoms with van der Waals surface area (Å²) in [5.41, 5.74) is 1.19. The molecular weight excluding hydrogens is 673 g/mol. The summed E-state index contributed by atoms with van der Waals surface area (Å²) in [4.78, 5) is 29.4. The van der Waals surface area contributed by atoms with Gasteiger partial charge >= 0.3 is 0 Å². The van der Waals surface area contributed by atoms with E-state index >= 15 is 4.39 Å². The number of nitrogens with one attached hydrogen (secondary N) is 1. The number of nitrogens with zero attached hydrogens (tertiary/aromatic N) is 2. The Morgan fingerprint density at radius 2 is 1.52 bits per heavy atom. The van der Waals surface area contributed by atoms with Gasteiger partial charge in [0.15, 0.2) is 0 Å². The molecule has 1 N–H and O–H groups in total. The molecule has 4 rings (SSSR count). The Morgan fingerprint density at radius 1 is 0.891 bits per heavy atom. The lowest BCUT2D eigenvalue weighted by molar-refractivity contribution is -0.140. The predicted octanol–water partition coefficient (Wildman–Crippen LogP) is 6.35. The van der Waals surface area contributed by atoms with Crippen LogP contribution in [-0.4, -0.2) is 50.4 Å². The molecule has 0 radical (unpaired) electrons. The average Bonchev–Trinajstić information content (AvgIpc) is 3.03. The second-order valence-corrected chi connectivity index (χ2v) is 13.7. The molecule has 4 aromatic rings. The normalized spacial score (nSPS) is 12.0. The number of anilines is 1. The van der Waals surface area contributed by atoms with Gasteiger partial charge in [-0.2, -0.15) is 0 Å². The maximum atomic E-state index is 15.0. The van der Waals surface area contributed by atoms with Gasteiger partial charge in [-0.15, -0.1) is 0 Å². The van der Waals surface area contributed by atoms with Crippen molar-refractivity contribution in [2.24, 2.45) is 0 Å². The van der Waals surface area contributed by atoms with Gasteiger partial charge in [0.2, 0.25) is 11.8 Å². The van der Waals surface area contributed by atoms with Crippen molar-refractivity contribution < 1.29 is 27.1 Å². The number of halogens is 2. The molecule has 242 valence electrons. The van der Waals surface area contributed by atoms with E-state index in [4.69, 9.17) is 4.74 Å². The molecule has 4 aromatic carbocycles. The van der Waals surface area contributed by atoms with Gasteiger partial charge in [-0.25, -0.2) is 12.8 Å². The molecule has 0 aliphatic carbocycles. The topological polar surface area (TPSA) is 96.0 Å². The van der Waals surface area contributed by atoms with Crippen LogP contribution in [0.1, 0.15) is 31.9 Å². The third kappa shape index (κ3) is 8.95. The van der Waals surface area contributed by atoms with Crippen LogP contribution >= 0.6 is 15.9 Å². The fraction of sp³-hybridized carbons (Fsp3) is 0.257. The zero-order valence-corrected chi connectivity index (χ0v) is 28.3. The van der Waals surface area contributed by atoms with Gasteiger partial charge in [0, 0.05) is 29.0 Å². The molecule has 8 nitrogen and oxygen atoms in total. The second-order valence-electron chi connectivity index (χ2n) is 10.9. The summed E-state index contributed by atoms with van der Waals surface area (Å²) in [5, 5.41) is 2.89. The number of benzene rings is 4. The van der Waals surface area contributed by atoms with E-state index in [1.54, 1.807) is 62.4 Å². The van der Waals surface area contributed by atoms with Gasteiger partial charge in [0.25, 0.3) is 10.0 Å². The summed E-state index contributed by atoms with van der Waals surface area (Å²) in [5.74, 6) is -1.13. The number of hydrogen-bond acceptors (Lipinski definition) is 5. The minimum atomic E-state index is -4.28. The molecule has 11 heteroatoms. The zero-order valence-electron chi connectivity index (χ0n) is 25.9. The van der Waals surface area contributed by atoms with Crippen LogP contribution < -0.4 is 14.4 Å². The molecule has 0 aliphatic heterocycles. The molecule has 0 aromatic heterocycles. The number of carbonyl (C=O) groups is 2. The molecule has 2 amide bonds. The Morgan fingerprint density at radius 3 is 2.13 bits per heavy atom. The third-order valence-corrected chi connectivity index (χ3v) is 9.43. The highest BCUT2D eigenvalue weighted by Crippen LogP contribution is 2.28. The molecule has 1 unspecified atom stereocenters. The highest BCUT2D eigenvalue weighted by Gasteiger charge is 2.35. The van der Waals surface area contributed by atoms with Crippen LogP contribution in [-0.2, 0) is 32.6 Å². The molecule has 0 aliphatic rings. The van der Waals surface area contributed by atoms with Gasteiger partial charge in [0.05, 0.1) is 17.2 Å². The highest BCUT2D eigenvalue weighted by molar-refractivity contribution is 9.10. The molecular formula is C35H37BrFN3O5S. The summed E-state index contributed by atoms with van der Waals surface area (Å²) in [7, 11) is -4.28. The van der Waals surface area contributed by atoms with Crippen LogP contribution in [0.4, 0.5) is 10.1 Å². The van der Waals surface area contributed by atoms with Crippen molar-refractivity contribution >= 4 is 43.5 Å². The Kier molecular flexibility index (Phi) is 11.9. The number of ether oxygens (including phenoxy) is 1. The lowest BCUT2D eigenvalue weighted by Crippen LogP contribution is -2.54. The SMILES string of the molecule is CCOc1ccc(N(CC(=O)N(Cc2ccccc2F)C(Cc2ccccc2)C(=O)NC(C)C)S(=O)(=O)c2ccc(Br)cc2)cc1. The van der Waals surface area contributed by atoms with Crippen molar-refractivity contribution in [2.45, 2.75) is 50.7 Å². The quantitative estimate of drug-likeness (QED) is 0.165. The second kappa shape index (κ2) is 15.9. The number of amides is 2. The van der Waals surface area contributed by atoms with E-state index < -0.39 is 40.2 Å². The van der Waals surface area contributed by atoms with Crippen molar-refractivity contribution in [2.75, 3.05) is 17.5 Å². The molecule has 0 heterocycles. The standard InChI is InChI=1S/C35H37BrFN3O5S/c1-4-45-30-18-16-29(17-19-30)40(46(43,44)31-20-14-28(36)15-21-31)24-34(41)39(23-27-12-8-9-13-32(27)37)33(35(42)38-25(2)3)22-26-10-6-5-7-11-26/h5-21,25,33H,4,22-24H2,1-3H3,(H,38,42). The Bertz CT molecular complexity index is 1720. The third-order valence-electron chi connectivity index (χ3n) is 7.12. The first-order valence-electron chi connectivity index (χ1n) is 14.9. The van der Waals surface area contributed by atoms with Crippen molar-refractivity contribution in [3.05, 3.63) is 125 Å². The van der Waals surface area contributed by atoms with Crippen molar-refractivity contribution in [1.82, 2.24) is 10.2 Å². The van der Waals surface area contributed by atoms with E-state index in [0.717, 1.165) is 9.87 Å². The number of sulfonamides is 1. The molecule has 0 bridgehead atoms. The fourth-order valence-electron chi connectivity index (χ4n) is 4.88. The summed E-state index contributed by atoms with van der Waals surface area (Å²) in [6, 6.07) is 26.3. The summed E-state index contributed by atoms with van der Waals surface area (Å²) >= 11 is 3.34. The number of hydrogen-bond donors (Lipinski definition) is 1. The smallest absolute Gasteiger partial charge is 0.264 e. The van der Waals surface area contributed by atoms with E-state index in [0.29, 0.717) is 16.8 Å². The van der Waals surface area contributed by atoms with Crippen LogP contribution in [0.25, 0.3) is 0 Å². The monoisotopic (exact) mass is 709 g/mol. The molecule has 1 atom stereocenters. The lowest BCUT2D eigenvalue weighted by Gasteiger charge is -2.34. The molecule has 0 saturated heterocycles. The van der Waals surface area contributed by atoms with Gasteiger partial charge in [-0.05, 0) is 80.9 Å². The number of rotatable bonds is 14. The molecule has 0 spiro atoms. The predicted molar refractivity (Wildman–Crippen MR) is 180 cm³/mol. The zero-order chi connectivity index (χ0) is 33.3. The maximum absolute atomic E-state index is 15.0. The fourth-order valence-corrected chi connectivity index (χ4v) is 6.56. The Hall–Kier alpha value is -4.22. The molecule has 46 heavy (non-hydrogen) atoms. The minimum absolute atomic E-state index is 0.0311. The average molecular weight is 711 g/mol. The summed E-state index contributed by atoms with van der Waals surface area (Å²) in [6.45, 7) is 4.95.